The van der Waals surface area contributed by atoms with Crippen LogP contribution in [-0.4, -0.2) is 59.0 Å². The molecule has 1 unspecified atom stereocenters. The fraction of sp³-hybridized carbons (Fsp3) is 0.444. The Morgan fingerprint density at radius 1 is 1.32 bits per heavy atom. The molecule has 3 rings (SSSR count). The summed E-state index contributed by atoms with van der Waals surface area (Å²) in [5, 5.41) is 13.6. The molecular formula is C18H23N3O5S2. The molecule has 0 spiro atoms. The highest BCUT2D eigenvalue weighted by molar-refractivity contribution is 7.90. The summed E-state index contributed by atoms with van der Waals surface area (Å²) >= 11 is 0. The molecule has 0 bridgehead atoms. The minimum Gasteiger partial charge on any atom is -0.509 e. The van der Waals surface area contributed by atoms with Crippen molar-refractivity contribution in [2.45, 2.75) is 31.2 Å². The van der Waals surface area contributed by atoms with Crippen molar-refractivity contribution in [3.63, 3.8) is 0 Å². The van der Waals surface area contributed by atoms with Gasteiger partial charge in [0.1, 0.15) is 16.2 Å². The first-order valence-corrected chi connectivity index (χ1v) is 12.0. The average Bonchev–Trinajstić information content (AvgIpc) is 2.82. The minimum atomic E-state index is -4.00. The Morgan fingerprint density at radius 3 is 2.64 bits per heavy atom. The summed E-state index contributed by atoms with van der Waals surface area (Å²) in [5.41, 5.74) is 0.153. The van der Waals surface area contributed by atoms with Crippen LogP contribution in [0.2, 0.25) is 0 Å². The van der Waals surface area contributed by atoms with Crippen LogP contribution in [0.4, 0.5) is 5.69 Å². The van der Waals surface area contributed by atoms with Gasteiger partial charge >= 0.3 is 0 Å². The van der Waals surface area contributed by atoms with Crippen molar-refractivity contribution in [1.82, 2.24) is 4.90 Å². The van der Waals surface area contributed by atoms with Crippen molar-refractivity contribution in [2.75, 3.05) is 23.9 Å². The van der Waals surface area contributed by atoms with E-state index in [1.807, 2.05) is 13.8 Å². The van der Waals surface area contributed by atoms with E-state index in [1.165, 1.54) is 11.0 Å². The van der Waals surface area contributed by atoms with Gasteiger partial charge in [-0.05, 0) is 24.5 Å². The Kier molecular flexibility index (Phi) is 5.62. The summed E-state index contributed by atoms with van der Waals surface area (Å²) in [6.07, 6.45) is 1.87. The van der Waals surface area contributed by atoms with Crippen molar-refractivity contribution in [2.24, 2.45) is 10.3 Å². The maximum Gasteiger partial charge on any atom is 0.286 e. The second kappa shape index (κ2) is 7.67. The monoisotopic (exact) mass is 425 g/mol. The molecule has 2 aliphatic heterocycles. The number of aliphatic hydroxyl groups excluding tert-OH is 1. The van der Waals surface area contributed by atoms with Crippen molar-refractivity contribution >= 4 is 38.3 Å². The zero-order valence-corrected chi connectivity index (χ0v) is 17.5. The first-order chi connectivity index (χ1) is 13.1. The number of benzene rings is 1. The van der Waals surface area contributed by atoms with E-state index in [2.05, 4.69) is 9.71 Å². The predicted octanol–water partition coefficient (Wildman–Crippen LogP) is 1.65. The van der Waals surface area contributed by atoms with Gasteiger partial charge in [0.05, 0.1) is 11.7 Å². The van der Waals surface area contributed by atoms with Gasteiger partial charge in [0.2, 0.25) is 0 Å². The number of carbonyl (C=O) groups is 1. The number of anilines is 1. The maximum atomic E-state index is 13.0. The molecule has 2 heterocycles. The van der Waals surface area contributed by atoms with Gasteiger partial charge in [0.15, 0.2) is 5.84 Å². The van der Waals surface area contributed by atoms with Crippen LogP contribution in [0.1, 0.15) is 20.3 Å². The van der Waals surface area contributed by atoms with Crippen molar-refractivity contribution in [3.8, 4) is 0 Å². The number of para-hydroxylation sites is 1. The second-order valence-electron chi connectivity index (χ2n) is 7.23. The molecule has 0 radical (unpaired) electrons. The van der Waals surface area contributed by atoms with Gasteiger partial charge in [0, 0.05) is 29.4 Å². The third kappa shape index (κ3) is 3.83. The number of sulfonamides is 1. The summed E-state index contributed by atoms with van der Waals surface area (Å²) in [6, 6.07) is 5.59. The molecule has 0 fully saturated rings. The number of rotatable bonds is 6. The molecule has 1 aromatic carbocycles. The average molecular weight is 426 g/mol. The molecule has 0 saturated heterocycles. The third-order valence-electron chi connectivity index (χ3n) is 4.53. The lowest BCUT2D eigenvalue weighted by molar-refractivity contribution is -0.127. The van der Waals surface area contributed by atoms with Crippen LogP contribution in [0.3, 0.4) is 0 Å². The number of hydrogen-bond acceptors (Lipinski definition) is 6. The van der Waals surface area contributed by atoms with Crippen LogP contribution in [0.15, 0.2) is 44.9 Å². The number of nitrogens with one attached hydrogen (secondary N) is 1. The van der Waals surface area contributed by atoms with E-state index in [0.717, 1.165) is 0 Å². The molecular weight excluding hydrogens is 402 g/mol. The first kappa shape index (κ1) is 20.5. The largest absolute Gasteiger partial charge is 0.509 e. The highest BCUT2D eigenvalue weighted by atomic mass is 32.2. The quantitative estimate of drug-likeness (QED) is 0.716. The highest BCUT2D eigenvalue weighted by Gasteiger charge is 2.43. The topological polar surface area (TPSA) is 116 Å². The second-order valence-corrected chi connectivity index (χ2v) is 10.4. The molecule has 8 nitrogen and oxygen atoms in total. The van der Waals surface area contributed by atoms with E-state index >= 15 is 0 Å². The molecule has 1 amide bonds. The molecule has 0 aliphatic carbocycles. The summed E-state index contributed by atoms with van der Waals surface area (Å²) in [7, 11) is -5.09. The van der Waals surface area contributed by atoms with E-state index in [1.54, 1.807) is 24.5 Å². The highest BCUT2D eigenvalue weighted by Crippen LogP contribution is 2.33. The Labute approximate surface area is 166 Å². The third-order valence-corrected chi connectivity index (χ3v) is 6.67. The number of aliphatic hydroxyl groups is 1. The maximum absolute atomic E-state index is 13.0. The van der Waals surface area contributed by atoms with Crippen LogP contribution < -0.4 is 5.32 Å². The summed E-state index contributed by atoms with van der Waals surface area (Å²) < 4.78 is 40.3. The van der Waals surface area contributed by atoms with E-state index < -0.39 is 32.8 Å². The SMILES string of the molecule is CC(C)CN1C(=O)C(C2=NS(=O)(=O)c3ccccc3N2)=C(O)[C@@H]1CCS(C)=O. The minimum absolute atomic E-state index is 0.0150. The van der Waals surface area contributed by atoms with E-state index in [-0.39, 0.29) is 28.0 Å². The molecule has 10 heteroatoms. The summed E-state index contributed by atoms with van der Waals surface area (Å²) in [5.74, 6) is -0.465. The standard InChI is InChI=1S/C18H23N3O5S2/c1-11(2)10-21-13(8-9-27(3)24)16(22)15(18(21)23)17-19-12-6-4-5-7-14(12)28(25,26)20-17/h4-7,11,13,22H,8-10H2,1-3H3,(H,19,20)/t13-,27?/m0/s1. The molecule has 0 saturated carbocycles. The van der Waals surface area contributed by atoms with Crippen LogP contribution in [0, 0.1) is 5.92 Å². The van der Waals surface area contributed by atoms with Gasteiger partial charge in [-0.15, -0.1) is 4.40 Å². The van der Waals surface area contributed by atoms with Gasteiger partial charge in [-0.1, -0.05) is 26.0 Å². The zero-order chi connectivity index (χ0) is 20.6. The normalized spacial score (nSPS) is 22.1. The van der Waals surface area contributed by atoms with Gasteiger partial charge < -0.3 is 15.3 Å². The van der Waals surface area contributed by atoms with E-state index in [0.29, 0.717) is 24.4 Å². The lowest BCUT2D eigenvalue weighted by Crippen LogP contribution is -2.40. The summed E-state index contributed by atoms with van der Waals surface area (Å²) in [6.45, 7) is 4.26. The van der Waals surface area contributed by atoms with Crippen molar-refractivity contribution in [1.29, 1.82) is 0 Å². The number of amidine groups is 1. The molecule has 0 aromatic heterocycles. The summed E-state index contributed by atoms with van der Waals surface area (Å²) in [4.78, 5) is 14.6. The van der Waals surface area contributed by atoms with Gasteiger partial charge in [-0.25, -0.2) is 0 Å². The Morgan fingerprint density at radius 2 is 2.00 bits per heavy atom. The number of hydrogen-bond donors (Lipinski definition) is 2. The number of nitrogens with zero attached hydrogens (tertiary/aromatic N) is 2. The number of carbonyl (C=O) groups excluding carboxylic acids is 1. The van der Waals surface area contributed by atoms with Crippen molar-refractivity contribution in [3.05, 3.63) is 35.6 Å². The van der Waals surface area contributed by atoms with Gasteiger partial charge in [0.25, 0.3) is 15.9 Å². The van der Waals surface area contributed by atoms with E-state index in [4.69, 9.17) is 0 Å². The van der Waals surface area contributed by atoms with Crippen LogP contribution in [0.25, 0.3) is 0 Å². The molecule has 152 valence electrons. The molecule has 1 aromatic rings. The predicted molar refractivity (Wildman–Crippen MR) is 108 cm³/mol. The molecule has 2 N–H and O–H groups in total. The van der Waals surface area contributed by atoms with Crippen LogP contribution in [-0.2, 0) is 25.6 Å². The van der Waals surface area contributed by atoms with Crippen molar-refractivity contribution < 1.29 is 22.5 Å². The Hall–Kier alpha value is -2.20. The van der Waals surface area contributed by atoms with E-state index in [9.17, 15) is 22.5 Å². The molecule has 2 atom stereocenters. The lowest BCUT2D eigenvalue weighted by atomic mass is 10.1. The number of fused-ring (bicyclic) bond motifs is 1. The first-order valence-electron chi connectivity index (χ1n) is 8.87. The van der Waals surface area contributed by atoms with Gasteiger partial charge in [-0.3, -0.25) is 9.00 Å². The zero-order valence-electron chi connectivity index (χ0n) is 15.9. The molecule has 28 heavy (non-hydrogen) atoms. The Bertz CT molecular complexity index is 998. The fourth-order valence-corrected chi connectivity index (χ4v) is 5.01. The van der Waals surface area contributed by atoms with Crippen LogP contribution in [0.5, 0.6) is 0 Å². The smallest absolute Gasteiger partial charge is 0.286 e. The van der Waals surface area contributed by atoms with Gasteiger partial charge in [-0.2, -0.15) is 8.42 Å². The fourth-order valence-electron chi connectivity index (χ4n) is 3.33. The lowest BCUT2D eigenvalue weighted by Gasteiger charge is -2.27. The molecule has 2 aliphatic rings. The Balaban J connectivity index is 2.03. The number of amides is 1. The van der Waals surface area contributed by atoms with Crippen LogP contribution >= 0.6 is 0 Å².